The third kappa shape index (κ3) is 4.14. The van der Waals surface area contributed by atoms with E-state index in [0.717, 1.165) is 0 Å². The van der Waals surface area contributed by atoms with Gasteiger partial charge in [0.1, 0.15) is 33.7 Å². The molecule has 0 radical (unpaired) electrons. The van der Waals surface area contributed by atoms with E-state index in [1.807, 2.05) is 0 Å². The van der Waals surface area contributed by atoms with Gasteiger partial charge >= 0.3 is 6.01 Å². The maximum atomic E-state index is 14.9. The molecule has 4 aromatic rings. The predicted molar refractivity (Wildman–Crippen MR) is 161 cm³/mol. The zero-order valence-corrected chi connectivity index (χ0v) is 24.9. The molecule has 4 heterocycles. The number of carbonyl (C=O) groups is 2. The van der Waals surface area contributed by atoms with Crippen molar-refractivity contribution >= 4 is 34.9 Å². The number of anilines is 2. The monoisotopic (exact) mass is 628 g/mol. The first-order valence-electron chi connectivity index (χ1n) is 13.9. The summed E-state index contributed by atoms with van der Waals surface area (Å²) in [7, 11) is 2.81. The lowest BCUT2D eigenvalue weighted by Gasteiger charge is -2.42. The quantitative estimate of drug-likeness (QED) is 0.270. The Morgan fingerprint density at radius 1 is 1.04 bits per heavy atom. The van der Waals surface area contributed by atoms with E-state index in [2.05, 4.69) is 25.3 Å². The SMILES string of the molecule is COc1cc(OC)c2c(c1Cl)OC1(C(=O)C3=C(CC1C)Nc1nc(N)[nH]c(=O)c1C3c1cccc(Oc3ncccn3)c1)C2=O. The minimum atomic E-state index is -2.00. The minimum Gasteiger partial charge on any atom is -0.496 e. The van der Waals surface area contributed by atoms with Crippen molar-refractivity contribution in [3.63, 3.8) is 0 Å². The molecule has 3 unspecified atom stereocenters. The largest absolute Gasteiger partial charge is 0.496 e. The van der Waals surface area contributed by atoms with Crippen LogP contribution >= 0.6 is 11.6 Å². The molecule has 228 valence electrons. The van der Waals surface area contributed by atoms with E-state index in [0.29, 0.717) is 17.0 Å². The minimum absolute atomic E-state index is 0.00613. The molecule has 3 aliphatic rings. The Kier molecular flexibility index (Phi) is 6.51. The number of ketones is 2. The van der Waals surface area contributed by atoms with Gasteiger partial charge in [0, 0.05) is 41.6 Å². The molecule has 2 aromatic heterocycles. The van der Waals surface area contributed by atoms with Gasteiger partial charge in [-0.2, -0.15) is 4.98 Å². The number of Topliss-reactive ketones (excluding diaryl/α,β-unsaturated/α-hetero) is 2. The van der Waals surface area contributed by atoms with Crippen LogP contribution in [0.2, 0.25) is 5.02 Å². The molecule has 7 rings (SSSR count). The summed E-state index contributed by atoms with van der Waals surface area (Å²) < 4.78 is 23.1. The smallest absolute Gasteiger partial charge is 0.321 e. The van der Waals surface area contributed by atoms with E-state index in [9.17, 15) is 14.4 Å². The Hall–Kier alpha value is -5.43. The zero-order chi connectivity index (χ0) is 31.6. The van der Waals surface area contributed by atoms with Crippen LogP contribution in [0.25, 0.3) is 0 Å². The van der Waals surface area contributed by atoms with E-state index in [1.165, 1.54) is 32.7 Å². The molecule has 0 amide bonds. The van der Waals surface area contributed by atoms with Gasteiger partial charge in [-0.3, -0.25) is 19.4 Å². The first-order chi connectivity index (χ1) is 21.7. The average Bonchev–Trinajstić information content (AvgIpc) is 3.34. The van der Waals surface area contributed by atoms with Crippen molar-refractivity contribution in [3.8, 4) is 29.0 Å². The molecule has 1 spiro atoms. The van der Waals surface area contributed by atoms with Gasteiger partial charge in [0.05, 0.1) is 19.8 Å². The number of hydrogen-bond donors (Lipinski definition) is 3. The van der Waals surface area contributed by atoms with Crippen molar-refractivity contribution < 1.29 is 28.5 Å². The van der Waals surface area contributed by atoms with Gasteiger partial charge in [0.15, 0.2) is 5.75 Å². The molecule has 0 fully saturated rings. The number of fused-ring (bicyclic) bond motifs is 2. The highest BCUT2D eigenvalue weighted by molar-refractivity contribution is 6.36. The summed E-state index contributed by atoms with van der Waals surface area (Å²) >= 11 is 6.61. The third-order valence-corrected chi connectivity index (χ3v) is 8.65. The highest BCUT2D eigenvalue weighted by atomic mass is 35.5. The molecular weight excluding hydrogens is 604 g/mol. The van der Waals surface area contributed by atoms with Crippen LogP contribution in [0.5, 0.6) is 29.0 Å². The zero-order valence-electron chi connectivity index (χ0n) is 24.1. The van der Waals surface area contributed by atoms with Crippen LogP contribution in [0, 0.1) is 5.92 Å². The van der Waals surface area contributed by atoms with Gasteiger partial charge in [0.2, 0.25) is 23.1 Å². The molecule has 4 N–H and O–H groups in total. The average molecular weight is 629 g/mol. The summed E-state index contributed by atoms with van der Waals surface area (Å²) in [6.07, 6.45) is 3.27. The maximum absolute atomic E-state index is 14.9. The van der Waals surface area contributed by atoms with Crippen LogP contribution in [0.4, 0.5) is 11.8 Å². The summed E-state index contributed by atoms with van der Waals surface area (Å²) in [5, 5.41) is 3.18. The van der Waals surface area contributed by atoms with Gasteiger partial charge < -0.3 is 30.0 Å². The standard InChI is InChI=1S/C31H25ClN6O7/c1-13-10-16-20(25(39)31(13)26(40)21-17(42-2)12-18(43-3)23(32)24(21)45-31)19(22-27(36-16)37-29(33)38-28(22)41)14-6-4-7-15(11-14)44-30-34-8-5-9-35-30/h4-9,11-13,19H,10H2,1-3H3,(H4,33,36,37,38,41). The number of benzene rings is 2. The Morgan fingerprint density at radius 2 is 1.80 bits per heavy atom. The van der Waals surface area contributed by atoms with Crippen molar-refractivity contribution in [2.45, 2.75) is 24.9 Å². The van der Waals surface area contributed by atoms with Crippen molar-refractivity contribution in [1.82, 2.24) is 19.9 Å². The fraction of sp³-hybridized carbons (Fsp3) is 0.226. The highest BCUT2D eigenvalue weighted by Gasteiger charge is 2.63. The topological polar surface area (TPSA) is 181 Å². The van der Waals surface area contributed by atoms with Crippen LogP contribution in [-0.4, -0.2) is 51.3 Å². The third-order valence-electron chi connectivity index (χ3n) is 8.29. The Morgan fingerprint density at radius 3 is 2.53 bits per heavy atom. The molecule has 2 aromatic carbocycles. The van der Waals surface area contributed by atoms with Crippen LogP contribution in [-0.2, 0) is 4.79 Å². The number of aromatic amines is 1. The van der Waals surface area contributed by atoms with Crippen LogP contribution in [0.3, 0.4) is 0 Å². The highest BCUT2D eigenvalue weighted by Crippen LogP contribution is 2.56. The lowest BCUT2D eigenvalue weighted by Crippen LogP contribution is -2.58. The van der Waals surface area contributed by atoms with Gasteiger partial charge in [-0.05, 0) is 30.2 Å². The van der Waals surface area contributed by atoms with Gasteiger partial charge in [-0.1, -0.05) is 30.7 Å². The Balaban J connectivity index is 1.40. The number of nitrogens with one attached hydrogen (secondary N) is 2. The fourth-order valence-electron chi connectivity index (χ4n) is 6.30. The predicted octanol–water partition coefficient (Wildman–Crippen LogP) is 4.04. The van der Waals surface area contributed by atoms with Crippen LogP contribution in [0.15, 0.2) is 64.9 Å². The first-order valence-corrected chi connectivity index (χ1v) is 14.2. The number of allylic oxidation sites excluding steroid dienone is 1. The number of nitrogens with two attached hydrogens (primary N) is 1. The summed E-state index contributed by atoms with van der Waals surface area (Å²) in [5.74, 6) is -2.07. The van der Waals surface area contributed by atoms with E-state index >= 15 is 0 Å². The second-order valence-corrected chi connectivity index (χ2v) is 11.1. The molecular formula is C31H25ClN6O7. The normalized spacial score (nSPS) is 21.4. The Labute approximate surface area is 260 Å². The number of nitrogen functional groups attached to an aromatic ring is 1. The number of nitrogens with zero attached hydrogens (tertiary/aromatic N) is 3. The molecule has 0 saturated carbocycles. The van der Waals surface area contributed by atoms with Crippen molar-refractivity contribution in [2.24, 2.45) is 5.92 Å². The lowest BCUT2D eigenvalue weighted by atomic mass is 9.66. The van der Waals surface area contributed by atoms with Gasteiger partial charge in [0.25, 0.3) is 5.56 Å². The molecule has 1 aliphatic carbocycles. The fourth-order valence-corrected chi connectivity index (χ4v) is 6.57. The van der Waals surface area contributed by atoms with Gasteiger partial charge in [-0.25, -0.2) is 9.97 Å². The van der Waals surface area contributed by atoms with Gasteiger partial charge in [-0.15, -0.1) is 0 Å². The number of rotatable bonds is 5. The van der Waals surface area contributed by atoms with Crippen molar-refractivity contribution in [2.75, 3.05) is 25.3 Å². The number of ether oxygens (including phenoxy) is 4. The van der Waals surface area contributed by atoms with Crippen LogP contribution in [0.1, 0.15) is 40.7 Å². The summed E-state index contributed by atoms with van der Waals surface area (Å²) in [6, 6.07) is 10.1. The van der Waals surface area contributed by atoms with E-state index in [1.54, 1.807) is 37.3 Å². The molecule has 2 aliphatic heterocycles. The molecule has 14 heteroatoms. The van der Waals surface area contributed by atoms with Crippen molar-refractivity contribution in [1.29, 1.82) is 0 Å². The number of methoxy groups -OCH3 is 2. The second kappa shape index (κ2) is 10.3. The summed E-state index contributed by atoms with van der Waals surface area (Å²) in [6.45, 7) is 1.74. The first kappa shape index (κ1) is 28.3. The molecule has 3 atom stereocenters. The lowest BCUT2D eigenvalue weighted by molar-refractivity contribution is -0.130. The van der Waals surface area contributed by atoms with Crippen LogP contribution < -0.4 is 35.6 Å². The van der Waals surface area contributed by atoms with Crippen molar-refractivity contribution in [3.05, 3.63) is 92.1 Å². The number of aromatic nitrogens is 4. The van der Waals surface area contributed by atoms with E-state index in [4.69, 9.17) is 36.3 Å². The molecule has 0 bridgehead atoms. The summed E-state index contributed by atoms with van der Waals surface area (Å²) in [4.78, 5) is 57.8. The number of H-pyrrole nitrogens is 1. The summed E-state index contributed by atoms with van der Waals surface area (Å²) in [5.41, 5.74) is 4.67. The number of carbonyl (C=O) groups excluding carboxylic acids is 2. The molecule has 13 nitrogen and oxygen atoms in total. The maximum Gasteiger partial charge on any atom is 0.321 e. The molecule has 0 saturated heterocycles. The van der Waals surface area contributed by atoms with E-state index in [-0.39, 0.29) is 63.2 Å². The number of hydrogen-bond acceptors (Lipinski definition) is 12. The van der Waals surface area contributed by atoms with E-state index < -0.39 is 34.6 Å². The number of halogens is 1. The molecule has 45 heavy (non-hydrogen) atoms. The Bertz CT molecular complexity index is 2010. The second-order valence-electron chi connectivity index (χ2n) is 10.8.